The van der Waals surface area contributed by atoms with Crippen molar-refractivity contribution in [2.24, 2.45) is 0 Å². The summed E-state index contributed by atoms with van der Waals surface area (Å²) in [5.74, 6) is 0. The molecule has 0 saturated carbocycles. The van der Waals surface area contributed by atoms with Crippen molar-refractivity contribution < 1.29 is 0 Å². The number of nitrogens with one attached hydrogen (secondary N) is 1. The molecular weight excluding hydrogens is 266 g/mol. The number of unbranched alkanes of at least 4 members (excludes halogenated alkanes) is 2. The molecule has 4 rings (SSSR count). The highest BCUT2D eigenvalue weighted by atomic mass is 14.9. The number of rotatable bonds is 5. The van der Waals surface area contributed by atoms with Crippen LogP contribution in [0.2, 0.25) is 0 Å². The minimum absolute atomic E-state index is 1.05. The first-order valence-electron chi connectivity index (χ1n) is 8.29. The van der Waals surface area contributed by atoms with Crippen molar-refractivity contribution in [1.82, 2.24) is 0 Å². The van der Waals surface area contributed by atoms with Gasteiger partial charge in [0.15, 0.2) is 0 Å². The first kappa shape index (κ1) is 13.4. The van der Waals surface area contributed by atoms with Gasteiger partial charge in [-0.05, 0) is 39.9 Å². The van der Waals surface area contributed by atoms with Gasteiger partial charge in [-0.3, -0.25) is 0 Å². The van der Waals surface area contributed by atoms with Crippen LogP contribution in [0.15, 0.2) is 54.6 Å². The highest BCUT2D eigenvalue weighted by Crippen LogP contribution is 2.50. The van der Waals surface area contributed by atoms with Crippen molar-refractivity contribution in [3.05, 3.63) is 54.6 Å². The smallest absolute Gasteiger partial charge is 0.0426 e. The van der Waals surface area contributed by atoms with Gasteiger partial charge < -0.3 is 5.32 Å². The Labute approximate surface area is 132 Å². The fraction of sp³-hybridized carbons (Fsp3) is 0.238. The van der Waals surface area contributed by atoms with Gasteiger partial charge in [-0.25, -0.2) is 0 Å². The fourth-order valence-corrected chi connectivity index (χ4v) is 3.56. The lowest BCUT2D eigenvalue weighted by Crippen LogP contribution is -2.02. The number of hydrogen-bond donors (Lipinski definition) is 1. The lowest BCUT2D eigenvalue weighted by Gasteiger charge is -2.12. The maximum absolute atomic E-state index is 3.67. The molecule has 0 spiro atoms. The zero-order chi connectivity index (χ0) is 14.9. The van der Waals surface area contributed by atoms with Gasteiger partial charge in [0.25, 0.3) is 0 Å². The van der Waals surface area contributed by atoms with Crippen LogP contribution in [0.3, 0.4) is 0 Å². The third kappa shape index (κ3) is 2.00. The number of fused-ring (bicyclic) bond motifs is 3. The van der Waals surface area contributed by atoms with Crippen LogP contribution in [0.4, 0.5) is 5.69 Å². The summed E-state index contributed by atoms with van der Waals surface area (Å²) in [4.78, 5) is 0. The van der Waals surface area contributed by atoms with Gasteiger partial charge in [0.2, 0.25) is 0 Å². The van der Waals surface area contributed by atoms with Gasteiger partial charge in [-0.15, -0.1) is 0 Å². The summed E-state index contributed by atoms with van der Waals surface area (Å²) < 4.78 is 0. The Hall–Kier alpha value is -2.28. The molecule has 110 valence electrons. The molecule has 1 aliphatic carbocycles. The molecule has 3 aromatic rings. The van der Waals surface area contributed by atoms with E-state index < -0.39 is 0 Å². The normalized spacial score (nSPS) is 11.7. The summed E-state index contributed by atoms with van der Waals surface area (Å²) >= 11 is 0. The fourth-order valence-electron chi connectivity index (χ4n) is 3.56. The Balaban J connectivity index is 1.84. The van der Waals surface area contributed by atoms with Crippen LogP contribution in [-0.4, -0.2) is 6.54 Å². The standard InChI is InChI=1S/C21H21N/c1-2-3-6-14-22-19-13-12-15-8-7-11-17-16-9-4-5-10-18(16)21(19)20(15)17/h4-5,7-13,22H,2-3,6,14H2,1H3. The van der Waals surface area contributed by atoms with Crippen LogP contribution in [-0.2, 0) is 0 Å². The molecule has 1 nitrogen and oxygen atoms in total. The van der Waals surface area contributed by atoms with Crippen LogP contribution in [0.1, 0.15) is 26.2 Å². The highest BCUT2D eigenvalue weighted by molar-refractivity contribution is 6.18. The summed E-state index contributed by atoms with van der Waals surface area (Å²) in [5.41, 5.74) is 6.78. The second-order valence-electron chi connectivity index (χ2n) is 6.07. The average molecular weight is 287 g/mol. The molecule has 0 bridgehead atoms. The molecule has 0 aromatic heterocycles. The van der Waals surface area contributed by atoms with Crippen molar-refractivity contribution in [2.45, 2.75) is 26.2 Å². The molecule has 0 fully saturated rings. The number of anilines is 1. The molecular formula is C21H21N. The van der Waals surface area contributed by atoms with Gasteiger partial charge in [-0.2, -0.15) is 0 Å². The van der Waals surface area contributed by atoms with E-state index in [1.165, 1.54) is 58.0 Å². The van der Waals surface area contributed by atoms with Crippen molar-refractivity contribution in [2.75, 3.05) is 11.9 Å². The first-order valence-corrected chi connectivity index (χ1v) is 8.29. The summed E-state index contributed by atoms with van der Waals surface area (Å²) in [6.07, 6.45) is 3.79. The van der Waals surface area contributed by atoms with Crippen molar-refractivity contribution in [1.29, 1.82) is 0 Å². The zero-order valence-corrected chi connectivity index (χ0v) is 13.0. The predicted octanol–water partition coefficient (Wildman–Crippen LogP) is 6.09. The SMILES string of the molecule is CCCCCNc1ccc2cccc3c2c1-c1ccccc1-3. The molecule has 0 unspecified atom stereocenters. The molecule has 0 amide bonds. The van der Waals surface area contributed by atoms with Crippen LogP contribution >= 0.6 is 0 Å². The Kier molecular flexibility index (Phi) is 3.34. The molecule has 1 N–H and O–H groups in total. The topological polar surface area (TPSA) is 12.0 Å². The van der Waals surface area contributed by atoms with Gasteiger partial charge in [0.1, 0.15) is 0 Å². The van der Waals surface area contributed by atoms with E-state index in [0.29, 0.717) is 0 Å². The van der Waals surface area contributed by atoms with Crippen LogP contribution < -0.4 is 5.32 Å². The third-order valence-electron chi connectivity index (χ3n) is 4.63. The van der Waals surface area contributed by atoms with Crippen molar-refractivity contribution in [3.8, 4) is 22.3 Å². The molecule has 0 saturated heterocycles. The van der Waals surface area contributed by atoms with E-state index in [1.807, 2.05) is 0 Å². The quantitative estimate of drug-likeness (QED) is 0.438. The van der Waals surface area contributed by atoms with Crippen molar-refractivity contribution in [3.63, 3.8) is 0 Å². The number of benzene rings is 3. The molecule has 1 aliphatic rings. The van der Waals surface area contributed by atoms with Crippen molar-refractivity contribution >= 4 is 16.5 Å². The predicted molar refractivity (Wildman–Crippen MR) is 96.4 cm³/mol. The lowest BCUT2D eigenvalue weighted by molar-refractivity contribution is 0.744. The van der Waals surface area contributed by atoms with Gasteiger partial charge >= 0.3 is 0 Å². The van der Waals surface area contributed by atoms with E-state index >= 15 is 0 Å². The van der Waals surface area contributed by atoms with Gasteiger partial charge in [-0.1, -0.05) is 68.3 Å². The lowest BCUT2D eigenvalue weighted by atomic mass is 10.0. The Morgan fingerprint density at radius 3 is 2.45 bits per heavy atom. The number of hydrogen-bond acceptors (Lipinski definition) is 1. The van der Waals surface area contributed by atoms with Crippen LogP contribution in [0.25, 0.3) is 33.0 Å². The molecule has 0 radical (unpaired) electrons. The second-order valence-corrected chi connectivity index (χ2v) is 6.07. The van der Waals surface area contributed by atoms with E-state index in [9.17, 15) is 0 Å². The summed E-state index contributed by atoms with van der Waals surface area (Å²) in [6, 6.07) is 19.9. The second kappa shape index (κ2) is 5.49. The minimum Gasteiger partial charge on any atom is -0.385 e. The Bertz CT molecular complexity index is 832. The first-order chi connectivity index (χ1) is 10.9. The van der Waals surface area contributed by atoms with Gasteiger partial charge in [0, 0.05) is 17.8 Å². The van der Waals surface area contributed by atoms with Crippen LogP contribution in [0, 0.1) is 0 Å². The maximum atomic E-state index is 3.67. The largest absolute Gasteiger partial charge is 0.385 e. The maximum Gasteiger partial charge on any atom is 0.0426 e. The zero-order valence-electron chi connectivity index (χ0n) is 13.0. The van der Waals surface area contributed by atoms with E-state index in [-0.39, 0.29) is 0 Å². The monoisotopic (exact) mass is 287 g/mol. The molecule has 0 aliphatic heterocycles. The summed E-state index contributed by atoms with van der Waals surface area (Å²) in [6.45, 7) is 3.30. The van der Waals surface area contributed by atoms with E-state index in [0.717, 1.165) is 6.54 Å². The average Bonchev–Trinajstić information content (AvgIpc) is 2.91. The van der Waals surface area contributed by atoms with E-state index in [2.05, 4.69) is 66.8 Å². The highest BCUT2D eigenvalue weighted by Gasteiger charge is 2.23. The third-order valence-corrected chi connectivity index (χ3v) is 4.63. The molecule has 1 heteroatoms. The summed E-state index contributed by atoms with van der Waals surface area (Å²) in [5, 5.41) is 6.41. The van der Waals surface area contributed by atoms with Crippen LogP contribution in [0.5, 0.6) is 0 Å². The van der Waals surface area contributed by atoms with E-state index in [1.54, 1.807) is 0 Å². The molecule has 0 atom stereocenters. The molecule has 0 heterocycles. The minimum atomic E-state index is 1.05. The summed E-state index contributed by atoms with van der Waals surface area (Å²) in [7, 11) is 0. The Morgan fingerprint density at radius 2 is 1.59 bits per heavy atom. The molecule has 3 aromatic carbocycles. The Morgan fingerprint density at radius 1 is 0.773 bits per heavy atom. The van der Waals surface area contributed by atoms with Gasteiger partial charge in [0.05, 0.1) is 0 Å². The van der Waals surface area contributed by atoms with E-state index in [4.69, 9.17) is 0 Å². The molecule has 22 heavy (non-hydrogen) atoms.